The predicted molar refractivity (Wildman–Crippen MR) is 60.8 cm³/mol. The third-order valence-corrected chi connectivity index (χ3v) is 2.33. The van der Waals surface area contributed by atoms with Crippen LogP contribution in [0, 0.1) is 0 Å². The smallest absolute Gasteiger partial charge is 0.258 e. The van der Waals surface area contributed by atoms with Crippen molar-refractivity contribution in [1.29, 1.82) is 0 Å². The first-order chi connectivity index (χ1) is 7.68. The van der Waals surface area contributed by atoms with E-state index in [0.717, 1.165) is 12.0 Å². The van der Waals surface area contributed by atoms with Crippen molar-refractivity contribution in [3.63, 3.8) is 0 Å². The highest BCUT2D eigenvalue weighted by atomic mass is 16.2. The topological polar surface area (TPSA) is 49.3 Å². The van der Waals surface area contributed by atoms with E-state index < -0.39 is 0 Å². The highest BCUT2D eigenvalue weighted by Gasteiger charge is 2.28. The molecule has 84 valence electrons. The van der Waals surface area contributed by atoms with Crippen LogP contribution in [0.15, 0.2) is 30.2 Å². The molecule has 0 N–H and O–H groups in total. The first-order valence-electron chi connectivity index (χ1n) is 5.14. The second-order valence-electron chi connectivity index (χ2n) is 3.87. The summed E-state index contributed by atoms with van der Waals surface area (Å²) in [5.74, 6) is 0.481. The number of hydrogen-bond donors (Lipinski definition) is 0. The van der Waals surface area contributed by atoms with Gasteiger partial charge in [0.25, 0.3) is 5.91 Å². The van der Waals surface area contributed by atoms with Gasteiger partial charge in [-0.25, -0.2) is 9.97 Å². The van der Waals surface area contributed by atoms with E-state index in [0.29, 0.717) is 12.5 Å². The quantitative estimate of drug-likeness (QED) is 0.684. The molecule has 1 saturated heterocycles. The van der Waals surface area contributed by atoms with E-state index in [1.807, 2.05) is 25.2 Å². The minimum atomic E-state index is -0.0000926. The number of amides is 1. The molecule has 0 radical (unpaired) electrons. The van der Waals surface area contributed by atoms with Gasteiger partial charge >= 0.3 is 0 Å². The molecule has 1 aromatic heterocycles. The average molecular weight is 218 g/mol. The predicted octanol–water partition coefficient (Wildman–Crippen LogP) is 0.659. The number of hydrogen-bond acceptors (Lipinski definition) is 4. The second-order valence-corrected chi connectivity index (χ2v) is 3.87. The number of anilines is 1. The van der Waals surface area contributed by atoms with Crippen LogP contribution in [0.4, 0.5) is 5.95 Å². The van der Waals surface area contributed by atoms with Crippen molar-refractivity contribution in [2.45, 2.75) is 6.42 Å². The fourth-order valence-electron chi connectivity index (χ4n) is 1.67. The van der Waals surface area contributed by atoms with Crippen LogP contribution in [-0.4, -0.2) is 41.4 Å². The van der Waals surface area contributed by atoms with Gasteiger partial charge in [-0.3, -0.25) is 9.69 Å². The molecule has 0 atom stereocenters. The number of carbonyl (C=O) groups is 1. The Kier molecular flexibility index (Phi) is 2.85. The maximum Gasteiger partial charge on any atom is 0.258 e. The van der Waals surface area contributed by atoms with Crippen LogP contribution in [0.1, 0.15) is 6.42 Å². The third-order valence-electron chi connectivity index (χ3n) is 2.33. The second kappa shape index (κ2) is 4.30. The van der Waals surface area contributed by atoms with Crippen molar-refractivity contribution < 1.29 is 4.79 Å². The lowest BCUT2D eigenvalue weighted by Gasteiger charge is -2.12. The molecule has 5 heteroatoms. The van der Waals surface area contributed by atoms with Crippen LogP contribution in [0.3, 0.4) is 0 Å². The molecule has 5 nitrogen and oxygen atoms in total. The zero-order valence-corrected chi connectivity index (χ0v) is 9.42. The number of aromatic nitrogens is 2. The van der Waals surface area contributed by atoms with Crippen molar-refractivity contribution in [3.8, 4) is 0 Å². The molecule has 2 rings (SSSR count). The molecule has 0 aliphatic carbocycles. The summed E-state index contributed by atoms with van der Waals surface area (Å²) in [6.07, 6.45) is 5.88. The lowest BCUT2D eigenvalue weighted by Crippen LogP contribution is -2.26. The Morgan fingerprint density at radius 1 is 1.38 bits per heavy atom. The maximum atomic E-state index is 12.0. The van der Waals surface area contributed by atoms with Crippen molar-refractivity contribution in [2.24, 2.45) is 0 Å². The van der Waals surface area contributed by atoms with E-state index in [9.17, 15) is 4.79 Å². The Bertz CT molecular complexity index is 413. The van der Waals surface area contributed by atoms with Crippen molar-refractivity contribution in [2.75, 3.05) is 25.5 Å². The van der Waals surface area contributed by atoms with E-state index in [1.54, 1.807) is 23.4 Å². The van der Waals surface area contributed by atoms with E-state index >= 15 is 0 Å². The van der Waals surface area contributed by atoms with E-state index in [1.165, 1.54) is 0 Å². The van der Waals surface area contributed by atoms with E-state index in [4.69, 9.17) is 0 Å². The summed E-state index contributed by atoms with van der Waals surface area (Å²) in [6.45, 7) is 0.655. The Hall–Kier alpha value is -1.91. The van der Waals surface area contributed by atoms with Gasteiger partial charge in [0.2, 0.25) is 5.95 Å². The number of rotatable bonds is 2. The molecule has 1 fully saturated rings. The zero-order valence-electron chi connectivity index (χ0n) is 9.42. The molecule has 0 saturated carbocycles. The van der Waals surface area contributed by atoms with Gasteiger partial charge in [0.05, 0.1) is 0 Å². The molecule has 1 amide bonds. The van der Waals surface area contributed by atoms with Crippen molar-refractivity contribution in [3.05, 3.63) is 30.2 Å². The number of nitrogens with zero attached hydrogens (tertiary/aromatic N) is 4. The molecule has 1 aliphatic rings. The van der Waals surface area contributed by atoms with Gasteiger partial charge in [0, 0.05) is 44.8 Å². The average Bonchev–Trinajstić information content (AvgIpc) is 2.61. The molecular weight excluding hydrogens is 204 g/mol. The highest BCUT2D eigenvalue weighted by Crippen LogP contribution is 2.21. The van der Waals surface area contributed by atoms with Crippen LogP contribution in [0.25, 0.3) is 0 Å². The van der Waals surface area contributed by atoms with Crippen LogP contribution in [-0.2, 0) is 4.79 Å². The van der Waals surface area contributed by atoms with Crippen LogP contribution in [0.2, 0.25) is 0 Å². The standard InChI is InChI=1S/C11H14N4O/c1-14(2)8-9-4-7-15(10(9)16)11-12-5-3-6-13-11/h3,5-6,8H,4,7H2,1-2H3/b9-8-. The van der Waals surface area contributed by atoms with Crippen molar-refractivity contribution in [1.82, 2.24) is 14.9 Å². The van der Waals surface area contributed by atoms with Crippen molar-refractivity contribution >= 4 is 11.9 Å². The summed E-state index contributed by atoms with van der Waals surface area (Å²) in [6, 6.07) is 1.74. The minimum Gasteiger partial charge on any atom is -0.383 e. The number of carbonyl (C=O) groups excluding carboxylic acids is 1. The fourth-order valence-corrected chi connectivity index (χ4v) is 1.67. The SMILES string of the molecule is CN(C)/C=C1/CCN(c2ncccn2)C1=O. The molecule has 0 spiro atoms. The minimum absolute atomic E-state index is 0.0000926. The summed E-state index contributed by atoms with van der Waals surface area (Å²) in [5, 5.41) is 0. The lowest BCUT2D eigenvalue weighted by atomic mass is 10.2. The van der Waals surface area contributed by atoms with E-state index in [-0.39, 0.29) is 5.91 Å². The summed E-state index contributed by atoms with van der Waals surface area (Å²) >= 11 is 0. The Morgan fingerprint density at radius 3 is 2.69 bits per heavy atom. The van der Waals surface area contributed by atoms with Gasteiger partial charge < -0.3 is 4.90 Å². The molecule has 16 heavy (non-hydrogen) atoms. The monoisotopic (exact) mass is 218 g/mol. The molecule has 1 aliphatic heterocycles. The third kappa shape index (κ3) is 2.03. The first-order valence-corrected chi connectivity index (χ1v) is 5.14. The zero-order chi connectivity index (χ0) is 11.5. The highest BCUT2D eigenvalue weighted by molar-refractivity contribution is 6.06. The lowest BCUT2D eigenvalue weighted by molar-refractivity contribution is -0.114. The van der Waals surface area contributed by atoms with Gasteiger partial charge in [-0.05, 0) is 12.5 Å². The fraction of sp³-hybridized carbons (Fsp3) is 0.364. The van der Waals surface area contributed by atoms with Crippen LogP contribution < -0.4 is 4.90 Å². The maximum absolute atomic E-state index is 12.0. The Morgan fingerprint density at radius 2 is 2.06 bits per heavy atom. The summed E-state index contributed by atoms with van der Waals surface area (Å²) in [5.41, 5.74) is 0.803. The van der Waals surface area contributed by atoms with Crippen LogP contribution in [0.5, 0.6) is 0 Å². The van der Waals surface area contributed by atoms with Gasteiger partial charge in [-0.15, -0.1) is 0 Å². The molecule has 2 heterocycles. The normalized spacial score (nSPS) is 18.2. The molecule has 0 unspecified atom stereocenters. The molecule has 0 aromatic carbocycles. The van der Waals surface area contributed by atoms with Gasteiger partial charge in [0.1, 0.15) is 0 Å². The summed E-state index contributed by atoms with van der Waals surface area (Å²) in [7, 11) is 3.81. The van der Waals surface area contributed by atoms with E-state index in [2.05, 4.69) is 9.97 Å². The first kappa shape index (κ1) is 10.6. The molecular formula is C11H14N4O. The van der Waals surface area contributed by atoms with Crippen LogP contribution >= 0.6 is 0 Å². The Labute approximate surface area is 94.4 Å². The summed E-state index contributed by atoms with van der Waals surface area (Å²) in [4.78, 5) is 23.6. The molecule has 0 bridgehead atoms. The molecule has 1 aromatic rings. The Balaban J connectivity index is 2.20. The van der Waals surface area contributed by atoms with Gasteiger partial charge in [-0.1, -0.05) is 0 Å². The van der Waals surface area contributed by atoms with Gasteiger partial charge in [0.15, 0.2) is 0 Å². The largest absolute Gasteiger partial charge is 0.383 e. The van der Waals surface area contributed by atoms with Gasteiger partial charge in [-0.2, -0.15) is 0 Å². The summed E-state index contributed by atoms with van der Waals surface area (Å²) < 4.78 is 0.